The molecule has 0 bridgehead atoms. The van der Waals surface area contributed by atoms with Gasteiger partial charge in [-0.15, -0.1) is 0 Å². The van der Waals surface area contributed by atoms with Crippen molar-refractivity contribution in [2.45, 2.75) is 18.8 Å². The predicted molar refractivity (Wildman–Crippen MR) is 76.2 cm³/mol. The molecule has 1 saturated heterocycles. The second-order valence-corrected chi connectivity index (χ2v) is 5.25. The van der Waals surface area contributed by atoms with Crippen molar-refractivity contribution in [2.75, 3.05) is 18.9 Å². The van der Waals surface area contributed by atoms with Crippen LogP contribution in [0.15, 0.2) is 24.3 Å². The number of ether oxygens (including phenoxy) is 1. The summed E-state index contributed by atoms with van der Waals surface area (Å²) in [6, 6.07) is 7.67. The van der Waals surface area contributed by atoms with Crippen molar-refractivity contribution in [2.24, 2.45) is 0 Å². The molecule has 2 heterocycles. The number of nitrogens with two attached hydrogens (primary N) is 1. The smallest absolute Gasteiger partial charge is 0.153 e. The van der Waals surface area contributed by atoms with Crippen molar-refractivity contribution in [3.8, 4) is 11.1 Å². The second kappa shape index (κ2) is 5.23. The monoisotopic (exact) mass is 277 g/mol. The zero-order valence-corrected chi connectivity index (χ0v) is 11.3. The fourth-order valence-corrected chi connectivity index (χ4v) is 2.68. The van der Waals surface area contributed by atoms with Crippen LogP contribution in [-0.2, 0) is 4.74 Å². The van der Waals surface area contributed by atoms with Gasteiger partial charge in [0.25, 0.3) is 0 Å². The molecule has 3 N–H and O–H groups in total. The van der Waals surface area contributed by atoms with Crippen LogP contribution in [0.2, 0.25) is 5.02 Å². The summed E-state index contributed by atoms with van der Waals surface area (Å²) < 4.78 is 5.55. The lowest BCUT2D eigenvalue weighted by atomic mass is 9.93. The molecule has 1 fully saturated rings. The van der Waals surface area contributed by atoms with Crippen molar-refractivity contribution < 1.29 is 4.74 Å². The number of aromatic amines is 1. The van der Waals surface area contributed by atoms with Gasteiger partial charge in [0.05, 0.1) is 12.3 Å². The van der Waals surface area contributed by atoms with Crippen LogP contribution in [0.1, 0.15) is 24.5 Å². The summed E-state index contributed by atoms with van der Waals surface area (Å²) in [7, 11) is 0. The second-order valence-electron chi connectivity index (χ2n) is 4.82. The average Bonchev–Trinajstić information content (AvgIpc) is 2.83. The molecule has 3 rings (SSSR count). The van der Waals surface area contributed by atoms with Crippen LogP contribution in [0.25, 0.3) is 11.1 Å². The van der Waals surface area contributed by atoms with Crippen molar-refractivity contribution in [1.29, 1.82) is 0 Å². The number of nitrogen functional groups attached to an aromatic ring is 1. The number of nitrogens with zero attached hydrogens (tertiary/aromatic N) is 1. The van der Waals surface area contributed by atoms with Gasteiger partial charge in [-0.3, -0.25) is 5.10 Å². The molecular weight excluding hydrogens is 262 g/mol. The maximum atomic E-state index is 6.00. The molecule has 2 aromatic rings. The molecule has 0 aliphatic carbocycles. The highest BCUT2D eigenvalue weighted by Gasteiger charge is 2.23. The van der Waals surface area contributed by atoms with Crippen LogP contribution in [0.5, 0.6) is 0 Å². The van der Waals surface area contributed by atoms with E-state index in [1.807, 2.05) is 24.3 Å². The van der Waals surface area contributed by atoms with Gasteiger partial charge in [-0.05, 0) is 30.5 Å². The lowest BCUT2D eigenvalue weighted by Crippen LogP contribution is -2.16. The molecule has 0 spiro atoms. The zero-order chi connectivity index (χ0) is 13.2. The third kappa shape index (κ3) is 2.46. The molecule has 1 aliphatic rings. The highest BCUT2D eigenvalue weighted by atomic mass is 35.5. The Balaban J connectivity index is 2.00. The zero-order valence-electron chi connectivity index (χ0n) is 10.5. The predicted octanol–water partition coefficient (Wildman–Crippen LogP) is 3.21. The minimum Gasteiger partial charge on any atom is -0.382 e. The lowest BCUT2D eigenvalue weighted by molar-refractivity contribution is 0.0794. The molecule has 0 radical (unpaired) electrons. The Kier molecular flexibility index (Phi) is 3.44. The van der Waals surface area contributed by atoms with E-state index in [4.69, 9.17) is 22.1 Å². The van der Waals surface area contributed by atoms with Crippen LogP contribution in [0, 0.1) is 0 Å². The van der Waals surface area contributed by atoms with E-state index in [9.17, 15) is 0 Å². The topological polar surface area (TPSA) is 63.9 Å². The number of hydrogen-bond acceptors (Lipinski definition) is 3. The fraction of sp³-hybridized carbons (Fsp3) is 0.357. The normalized spacial score (nSPS) is 19.5. The first kappa shape index (κ1) is 12.5. The summed E-state index contributed by atoms with van der Waals surface area (Å²) >= 11 is 5.93. The van der Waals surface area contributed by atoms with Crippen molar-refractivity contribution in [3.63, 3.8) is 0 Å². The molecule has 1 aromatic heterocycles. The van der Waals surface area contributed by atoms with Gasteiger partial charge in [0.2, 0.25) is 0 Å². The Morgan fingerprint density at radius 1 is 1.32 bits per heavy atom. The van der Waals surface area contributed by atoms with E-state index in [0.29, 0.717) is 16.8 Å². The highest BCUT2D eigenvalue weighted by molar-refractivity contribution is 6.30. The van der Waals surface area contributed by atoms with Gasteiger partial charge in [0, 0.05) is 23.1 Å². The van der Waals surface area contributed by atoms with E-state index < -0.39 is 0 Å². The number of rotatable bonds is 2. The van der Waals surface area contributed by atoms with Crippen LogP contribution >= 0.6 is 11.6 Å². The van der Waals surface area contributed by atoms with E-state index in [2.05, 4.69) is 10.2 Å². The Labute approximate surface area is 116 Å². The number of benzene rings is 1. The van der Waals surface area contributed by atoms with E-state index in [1.54, 1.807) is 0 Å². The molecule has 1 aliphatic heterocycles. The molecule has 5 heteroatoms. The fourth-order valence-electron chi connectivity index (χ4n) is 2.55. The summed E-state index contributed by atoms with van der Waals surface area (Å²) in [4.78, 5) is 0. The Hall–Kier alpha value is -1.52. The maximum Gasteiger partial charge on any atom is 0.153 e. The molecule has 1 unspecified atom stereocenters. The third-order valence-corrected chi connectivity index (χ3v) is 3.78. The molecule has 4 nitrogen and oxygen atoms in total. The van der Waals surface area contributed by atoms with Crippen LogP contribution in [0.3, 0.4) is 0 Å². The van der Waals surface area contributed by atoms with Gasteiger partial charge >= 0.3 is 0 Å². The van der Waals surface area contributed by atoms with Gasteiger partial charge in [0.1, 0.15) is 0 Å². The minimum absolute atomic E-state index is 0.337. The molecule has 0 saturated carbocycles. The SMILES string of the molecule is Nc1n[nH]c(C2CCCOC2)c1-c1ccc(Cl)cc1. The first-order chi connectivity index (χ1) is 9.25. The Morgan fingerprint density at radius 3 is 2.79 bits per heavy atom. The summed E-state index contributed by atoms with van der Waals surface area (Å²) in [6.45, 7) is 1.57. The summed E-state index contributed by atoms with van der Waals surface area (Å²) in [5, 5.41) is 7.94. The number of H-pyrrole nitrogens is 1. The lowest BCUT2D eigenvalue weighted by Gasteiger charge is -2.22. The van der Waals surface area contributed by atoms with E-state index in [-0.39, 0.29) is 0 Å². The number of nitrogens with one attached hydrogen (secondary N) is 1. The standard InChI is InChI=1S/C14H16ClN3O/c15-11-5-3-9(4-6-11)12-13(17-18-14(12)16)10-2-1-7-19-8-10/h3-6,10H,1-2,7-8H2,(H3,16,17,18). The molecule has 0 amide bonds. The summed E-state index contributed by atoms with van der Waals surface area (Å²) in [5.74, 6) is 0.868. The molecule has 1 atom stereocenters. The largest absolute Gasteiger partial charge is 0.382 e. The quantitative estimate of drug-likeness (QED) is 0.886. The van der Waals surface area contributed by atoms with Crippen LogP contribution in [-0.4, -0.2) is 23.4 Å². The maximum absolute atomic E-state index is 6.00. The first-order valence-electron chi connectivity index (χ1n) is 6.43. The molecular formula is C14H16ClN3O. The highest BCUT2D eigenvalue weighted by Crippen LogP contribution is 2.36. The van der Waals surface area contributed by atoms with Crippen molar-refractivity contribution in [3.05, 3.63) is 35.0 Å². The van der Waals surface area contributed by atoms with Crippen molar-refractivity contribution in [1.82, 2.24) is 10.2 Å². The van der Waals surface area contributed by atoms with Crippen LogP contribution < -0.4 is 5.73 Å². The van der Waals surface area contributed by atoms with E-state index >= 15 is 0 Å². The van der Waals surface area contributed by atoms with Gasteiger partial charge in [-0.2, -0.15) is 5.10 Å². The molecule has 19 heavy (non-hydrogen) atoms. The van der Waals surface area contributed by atoms with E-state index in [0.717, 1.165) is 42.9 Å². The van der Waals surface area contributed by atoms with Gasteiger partial charge in [-0.25, -0.2) is 0 Å². The van der Waals surface area contributed by atoms with Gasteiger partial charge in [-0.1, -0.05) is 23.7 Å². The summed E-state index contributed by atoms with van der Waals surface area (Å²) in [5.41, 5.74) is 9.09. The number of aromatic nitrogens is 2. The van der Waals surface area contributed by atoms with Crippen LogP contribution in [0.4, 0.5) is 5.82 Å². The summed E-state index contributed by atoms with van der Waals surface area (Å²) in [6.07, 6.45) is 2.17. The minimum atomic E-state index is 0.337. The Bertz CT molecular complexity index is 559. The van der Waals surface area contributed by atoms with Gasteiger partial charge < -0.3 is 10.5 Å². The Morgan fingerprint density at radius 2 is 2.11 bits per heavy atom. The van der Waals surface area contributed by atoms with Crippen molar-refractivity contribution >= 4 is 17.4 Å². The number of hydrogen-bond donors (Lipinski definition) is 2. The van der Waals surface area contributed by atoms with E-state index in [1.165, 1.54) is 0 Å². The molecule has 1 aromatic carbocycles. The number of anilines is 1. The van der Waals surface area contributed by atoms with Gasteiger partial charge in [0.15, 0.2) is 5.82 Å². The average molecular weight is 278 g/mol. The first-order valence-corrected chi connectivity index (χ1v) is 6.81. The number of halogens is 1. The third-order valence-electron chi connectivity index (χ3n) is 3.52. The molecule has 100 valence electrons.